The molecule has 5 nitrogen and oxygen atoms in total. The van der Waals surface area contributed by atoms with Gasteiger partial charge in [0, 0.05) is 12.2 Å². The van der Waals surface area contributed by atoms with Crippen LogP contribution >= 0.6 is 0 Å². The van der Waals surface area contributed by atoms with Gasteiger partial charge in [0.15, 0.2) is 0 Å². The summed E-state index contributed by atoms with van der Waals surface area (Å²) >= 11 is 0. The van der Waals surface area contributed by atoms with Crippen LogP contribution in [-0.2, 0) is 6.42 Å². The molecule has 2 aromatic rings. The first-order chi connectivity index (χ1) is 10.2. The molecular formula is C16H19N3O2. The van der Waals surface area contributed by atoms with E-state index in [9.17, 15) is 10.1 Å². The van der Waals surface area contributed by atoms with Crippen molar-refractivity contribution in [2.75, 3.05) is 17.2 Å². The fourth-order valence-electron chi connectivity index (χ4n) is 2.20. The van der Waals surface area contributed by atoms with Gasteiger partial charge in [-0.25, -0.2) is 0 Å². The summed E-state index contributed by atoms with van der Waals surface area (Å²) in [5.41, 5.74) is 3.13. The molecule has 5 heteroatoms. The summed E-state index contributed by atoms with van der Waals surface area (Å²) in [5, 5.41) is 17.5. The van der Waals surface area contributed by atoms with Crippen molar-refractivity contribution >= 4 is 22.7 Å². The molecule has 0 atom stereocenters. The fraction of sp³-hybridized carbons (Fsp3) is 0.250. The zero-order valence-corrected chi connectivity index (χ0v) is 12.2. The topological polar surface area (TPSA) is 67.2 Å². The average Bonchev–Trinajstić information content (AvgIpc) is 2.47. The molecule has 0 saturated carbocycles. The van der Waals surface area contributed by atoms with Crippen LogP contribution in [0.25, 0.3) is 0 Å². The number of anilines is 3. The number of hydrogen-bond donors (Lipinski definition) is 2. The highest BCUT2D eigenvalue weighted by molar-refractivity contribution is 5.79. The highest BCUT2D eigenvalue weighted by atomic mass is 16.6. The van der Waals surface area contributed by atoms with Gasteiger partial charge in [0.25, 0.3) is 0 Å². The summed E-state index contributed by atoms with van der Waals surface area (Å²) in [6.45, 7) is 4.62. The number of benzene rings is 2. The second-order valence-corrected chi connectivity index (χ2v) is 4.67. The van der Waals surface area contributed by atoms with Gasteiger partial charge in [0.1, 0.15) is 11.4 Å². The highest BCUT2D eigenvalue weighted by Gasteiger charge is 2.19. The van der Waals surface area contributed by atoms with Crippen LogP contribution < -0.4 is 10.6 Å². The summed E-state index contributed by atoms with van der Waals surface area (Å²) < 4.78 is 0. The Balaban J connectivity index is 2.38. The molecule has 2 rings (SSSR count). The molecule has 21 heavy (non-hydrogen) atoms. The normalized spacial score (nSPS) is 10.2. The molecule has 2 N–H and O–H groups in total. The van der Waals surface area contributed by atoms with E-state index in [-0.39, 0.29) is 10.6 Å². The van der Waals surface area contributed by atoms with Gasteiger partial charge in [-0.1, -0.05) is 25.1 Å². The summed E-state index contributed by atoms with van der Waals surface area (Å²) in [6.07, 6.45) is 0.926. The number of nitro benzene ring substituents is 1. The van der Waals surface area contributed by atoms with Gasteiger partial charge >= 0.3 is 5.69 Å². The van der Waals surface area contributed by atoms with E-state index in [0.717, 1.165) is 12.1 Å². The third kappa shape index (κ3) is 3.51. The Morgan fingerprint density at radius 1 is 1.10 bits per heavy atom. The van der Waals surface area contributed by atoms with Gasteiger partial charge in [0.2, 0.25) is 0 Å². The number of rotatable bonds is 6. The van der Waals surface area contributed by atoms with Crippen LogP contribution in [0.1, 0.15) is 19.4 Å². The Kier molecular flexibility index (Phi) is 4.77. The van der Waals surface area contributed by atoms with E-state index < -0.39 is 0 Å². The zero-order chi connectivity index (χ0) is 15.2. The number of aryl methyl sites for hydroxylation is 1. The first-order valence-corrected chi connectivity index (χ1v) is 7.03. The molecular weight excluding hydrogens is 266 g/mol. The lowest BCUT2D eigenvalue weighted by Crippen LogP contribution is -2.04. The van der Waals surface area contributed by atoms with E-state index in [1.165, 1.54) is 5.56 Å². The standard InChI is InChI=1S/C16H19N3O2/c1-3-12-7-5-8-13(11-12)18-15-10-6-9-14(17-4-2)16(15)19(20)21/h5-11,17-18H,3-4H2,1-2H3. The minimum absolute atomic E-state index is 0.0706. The van der Waals surface area contributed by atoms with Gasteiger partial charge in [-0.2, -0.15) is 0 Å². The lowest BCUT2D eigenvalue weighted by molar-refractivity contribution is -0.383. The maximum absolute atomic E-state index is 11.4. The maximum atomic E-state index is 11.4. The van der Waals surface area contributed by atoms with E-state index in [1.807, 2.05) is 31.2 Å². The number of hydrogen-bond acceptors (Lipinski definition) is 4. The molecule has 0 unspecified atom stereocenters. The Hall–Kier alpha value is -2.56. The third-order valence-corrected chi connectivity index (χ3v) is 3.20. The Labute approximate surface area is 124 Å². The van der Waals surface area contributed by atoms with E-state index in [2.05, 4.69) is 17.6 Å². The Morgan fingerprint density at radius 2 is 1.81 bits per heavy atom. The maximum Gasteiger partial charge on any atom is 0.315 e. The van der Waals surface area contributed by atoms with Crippen molar-refractivity contribution in [3.63, 3.8) is 0 Å². The van der Waals surface area contributed by atoms with Crippen molar-refractivity contribution in [1.82, 2.24) is 0 Å². The SMILES string of the molecule is CCNc1cccc(Nc2cccc(CC)c2)c1[N+](=O)[O-]. The van der Waals surface area contributed by atoms with Crippen LogP contribution in [-0.4, -0.2) is 11.5 Å². The number of para-hydroxylation sites is 1. The van der Waals surface area contributed by atoms with E-state index in [0.29, 0.717) is 17.9 Å². The van der Waals surface area contributed by atoms with Crippen molar-refractivity contribution < 1.29 is 4.92 Å². The van der Waals surface area contributed by atoms with E-state index in [1.54, 1.807) is 18.2 Å². The molecule has 0 heterocycles. The van der Waals surface area contributed by atoms with Crippen molar-refractivity contribution in [2.45, 2.75) is 20.3 Å². The summed E-state index contributed by atoms with van der Waals surface area (Å²) in [4.78, 5) is 11.0. The predicted octanol–water partition coefficient (Wildman–Crippen LogP) is 4.33. The summed E-state index contributed by atoms with van der Waals surface area (Å²) in [6, 6.07) is 13.1. The van der Waals surface area contributed by atoms with Crippen molar-refractivity contribution in [2.24, 2.45) is 0 Å². The quantitative estimate of drug-likeness (QED) is 0.612. The molecule has 0 spiro atoms. The molecule has 0 fully saturated rings. The van der Waals surface area contributed by atoms with Gasteiger partial charge in [-0.05, 0) is 43.2 Å². The Morgan fingerprint density at radius 3 is 2.48 bits per heavy atom. The van der Waals surface area contributed by atoms with Gasteiger partial charge in [-0.15, -0.1) is 0 Å². The highest BCUT2D eigenvalue weighted by Crippen LogP contribution is 2.34. The third-order valence-electron chi connectivity index (χ3n) is 3.20. The number of nitrogens with zero attached hydrogens (tertiary/aromatic N) is 1. The molecule has 0 aliphatic carbocycles. The lowest BCUT2D eigenvalue weighted by Gasteiger charge is -2.11. The molecule has 110 valence electrons. The first kappa shape index (κ1) is 14.8. The smallest absolute Gasteiger partial charge is 0.315 e. The van der Waals surface area contributed by atoms with Crippen LogP contribution in [0.15, 0.2) is 42.5 Å². The molecule has 0 aliphatic rings. The van der Waals surface area contributed by atoms with Crippen molar-refractivity contribution in [3.05, 3.63) is 58.1 Å². The second-order valence-electron chi connectivity index (χ2n) is 4.67. The minimum atomic E-state index is -0.357. The molecule has 0 aromatic heterocycles. The monoisotopic (exact) mass is 285 g/mol. The zero-order valence-electron chi connectivity index (χ0n) is 12.2. The molecule has 0 saturated heterocycles. The van der Waals surface area contributed by atoms with Crippen molar-refractivity contribution in [1.29, 1.82) is 0 Å². The van der Waals surface area contributed by atoms with Crippen LogP contribution in [0.5, 0.6) is 0 Å². The molecule has 2 aromatic carbocycles. The molecule has 0 radical (unpaired) electrons. The van der Waals surface area contributed by atoms with Gasteiger partial charge < -0.3 is 10.6 Å². The van der Waals surface area contributed by atoms with Crippen LogP contribution in [0.2, 0.25) is 0 Å². The van der Waals surface area contributed by atoms with Crippen LogP contribution in [0.3, 0.4) is 0 Å². The Bertz CT molecular complexity index is 641. The number of nitro groups is 1. The summed E-state index contributed by atoms with van der Waals surface area (Å²) in [7, 11) is 0. The van der Waals surface area contributed by atoms with E-state index >= 15 is 0 Å². The predicted molar refractivity (Wildman–Crippen MR) is 86.4 cm³/mol. The average molecular weight is 285 g/mol. The second kappa shape index (κ2) is 6.74. The van der Waals surface area contributed by atoms with Gasteiger partial charge in [-0.3, -0.25) is 10.1 Å². The molecule has 0 aliphatic heterocycles. The molecule has 0 bridgehead atoms. The largest absolute Gasteiger partial charge is 0.380 e. The van der Waals surface area contributed by atoms with Crippen molar-refractivity contribution in [3.8, 4) is 0 Å². The van der Waals surface area contributed by atoms with E-state index in [4.69, 9.17) is 0 Å². The lowest BCUT2D eigenvalue weighted by atomic mass is 10.1. The molecule has 0 amide bonds. The minimum Gasteiger partial charge on any atom is -0.380 e. The fourth-order valence-corrected chi connectivity index (χ4v) is 2.20. The van der Waals surface area contributed by atoms with Crippen LogP contribution in [0.4, 0.5) is 22.7 Å². The first-order valence-electron chi connectivity index (χ1n) is 7.03. The van der Waals surface area contributed by atoms with Crippen LogP contribution in [0, 0.1) is 10.1 Å². The number of nitrogens with one attached hydrogen (secondary N) is 2. The van der Waals surface area contributed by atoms with Gasteiger partial charge in [0.05, 0.1) is 4.92 Å². The summed E-state index contributed by atoms with van der Waals surface area (Å²) in [5.74, 6) is 0.